The minimum absolute atomic E-state index is 0.127. The third-order valence-corrected chi connectivity index (χ3v) is 10.1. The number of hydrogen-bond donors (Lipinski definition) is 6. The lowest BCUT2D eigenvalue weighted by molar-refractivity contribution is -0.129. The first-order valence-corrected chi connectivity index (χ1v) is 18.9. The van der Waals surface area contributed by atoms with Crippen molar-refractivity contribution in [3.05, 3.63) is 83.9 Å². The normalized spacial score (nSPS) is 12.4. The van der Waals surface area contributed by atoms with Gasteiger partial charge in [0.05, 0.1) is 49.7 Å². The van der Waals surface area contributed by atoms with Gasteiger partial charge in [-0.05, 0) is 56.0 Å². The van der Waals surface area contributed by atoms with Crippen LogP contribution in [0.4, 0.5) is 11.4 Å². The van der Waals surface area contributed by atoms with E-state index >= 15 is 0 Å². The molecule has 0 fully saturated rings. The van der Waals surface area contributed by atoms with Gasteiger partial charge < -0.3 is 36.6 Å². The second-order valence-corrected chi connectivity index (χ2v) is 14.0. The first kappa shape index (κ1) is 41.7. The molecule has 1 aromatic heterocycles. The van der Waals surface area contributed by atoms with E-state index in [0.717, 1.165) is 40.9 Å². The Kier molecular flexibility index (Phi) is 13.9. The van der Waals surface area contributed by atoms with Crippen molar-refractivity contribution in [2.24, 2.45) is 0 Å². The van der Waals surface area contributed by atoms with Gasteiger partial charge in [0, 0.05) is 29.7 Å². The molecule has 16 nitrogen and oxygen atoms in total. The van der Waals surface area contributed by atoms with Crippen molar-refractivity contribution in [2.75, 3.05) is 29.9 Å². The van der Waals surface area contributed by atoms with Gasteiger partial charge in [-0.2, -0.15) is 0 Å². The van der Waals surface area contributed by atoms with Crippen LogP contribution >= 0.6 is 0 Å². The van der Waals surface area contributed by atoms with Gasteiger partial charge in [-0.1, -0.05) is 73.7 Å². The lowest BCUT2D eigenvalue weighted by atomic mass is 9.91. The summed E-state index contributed by atoms with van der Waals surface area (Å²) in [7, 11) is 0. The number of benzene rings is 3. The Morgan fingerprint density at radius 1 is 0.772 bits per heavy atom. The highest BCUT2D eigenvalue weighted by atomic mass is 16.3. The molecule has 1 aliphatic rings. The average molecular weight is 780 g/mol. The molecule has 4 aromatic rings. The molecule has 2 heterocycles. The molecule has 0 saturated carbocycles. The van der Waals surface area contributed by atoms with Crippen LogP contribution in [0.1, 0.15) is 64.5 Å². The molecule has 1 atom stereocenters. The van der Waals surface area contributed by atoms with Gasteiger partial charge >= 0.3 is 0 Å². The monoisotopic (exact) mass is 779 g/mol. The summed E-state index contributed by atoms with van der Waals surface area (Å²) in [4.78, 5) is 77.7. The Bertz CT molecular complexity index is 2110. The van der Waals surface area contributed by atoms with Crippen LogP contribution in [0.2, 0.25) is 0 Å². The number of hydrogen-bond acceptors (Lipinski definition) is 9. The van der Waals surface area contributed by atoms with Gasteiger partial charge in [-0.3, -0.25) is 28.8 Å². The number of carbonyl (C=O) groups excluding carboxylic acids is 6. The van der Waals surface area contributed by atoms with Crippen LogP contribution in [-0.2, 0) is 47.5 Å². The molecule has 16 heteroatoms. The first-order valence-electron chi connectivity index (χ1n) is 18.9. The molecule has 6 amide bonds. The number of rotatable bonds is 16. The average Bonchev–Trinajstić information content (AvgIpc) is 3.67. The number of para-hydroxylation sites is 1. The molecule has 57 heavy (non-hydrogen) atoms. The number of amides is 6. The summed E-state index contributed by atoms with van der Waals surface area (Å²) < 4.78 is 1.97. The summed E-state index contributed by atoms with van der Waals surface area (Å²) in [5.74, 6) is -3.21. The standard InChI is InChI=1S/C41H49N9O7/c1-5-41(4,6-2)50-39-31-13-9-10-14-32(31)49(24-28-11-7-8-12-30(28)38(39)47-48-50)37(56)20-19-33(52)42-21-34(53)43-22-35(54)44-23-36(55)45-26(3)40(57)46-29-17-15-27(25-51)16-18-29/h7-18,26,51H,5-6,19-25H2,1-4H3,(H,42,52)(H,43,53)(H,44,54)(H,45,55)(H,46,57)/t26-/m0/s1. The van der Waals surface area contributed by atoms with Crippen LogP contribution in [0.5, 0.6) is 0 Å². The number of aliphatic hydroxyl groups excluding tert-OH is 1. The van der Waals surface area contributed by atoms with Gasteiger partial charge in [0.25, 0.3) is 0 Å². The Hall–Kier alpha value is -6.42. The van der Waals surface area contributed by atoms with Crippen LogP contribution in [-0.4, -0.2) is 81.2 Å². The predicted molar refractivity (Wildman–Crippen MR) is 213 cm³/mol. The number of aromatic nitrogens is 3. The van der Waals surface area contributed by atoms with Gasteiger partial charge in [-0.25, -0.2) is 4.68 Å². The molecule has 0 unspecified atom stereocenters. The Labute approximate surface area is 330 Å². The summed E-state index contributed by atoms with van der Waals surface area (Å²) >= 11 is 0. The fourth-order valence-corrected chi connectivity index (χ4v) is 6.32. The van der Waals surface area contributed by atoms with E-state index in [4.69, 9.17) is 5.11 Å². The van der Waals surface area contributed by atoms with E-state index < -0.39 is 55.2 Å². The number of aliphatic hydroxyl groups is 1. The van der Waals surface area contributed by atoms with Crippen molar-refractivity contribution in [2.45, 2.75) is 78.1 Å². The van der Waals surface area contributed by atoms with Crippen LogP contribution in [0.25, 0.3) is 22.5 Å². The number of nitrogens with one attached hydrogen (secondary N) is 5. The van der Waals surface area contributed by atoms with Crippen molar-refractivity contribution in [3.63, 3.8) is 0 Å². The fraction of sp³-hybridized carbons (Fsp3) is 0.366. The maximum Gasteiger partial charge on any atom is 0.246 e. The van der Waals surface area contributed by atoms with Crippen LogP contribution in [0.15, 0.2) is 72.8 Å². The molecule has 0 saturated heterocycles. The second-order valence-electron chi connectivity index (χ2n) is 14.0. The van der Waals surface area contributed by atoms with Crippen molar-refractivity contribution in [3.8, 4) is 22.5 Å². The SMILES string of the molecule is CCC(C)(CC)n1nnc2c1-c1ccccc1N(C(=O)CCC(=O)NCC(=O)NCC(=O)NCC(=O)N[C@@H](C)C(=O)Nc1ccc(CO)cc1)Cc1ccccc1-2. The maximum atomic E-state index is 13.9. The van der Waals surface area contributed by atoms with Crippen LogP contribution < -0.4 is 31.5 Å². The van der Waals surface area contributed by atoms with E-state index in [2.05, 4.69) is 57.7 Å². The molecular weight excluding hydrogens is 731 g/mol. The van der Waals surface area contributed by atoms with Gasteiger partial charge in [0.15, 0.2) is 0 Å². The Balaban J connectivity index is 1.09. The quantitative estimate of drug-likeness (QED) is 0.0985. The zero-order valence-corrected chi connectivity index (χ0v) is 32.6. The van der Waals surface area contributed by atoms with Crippen molar-refractivity contribution >= 4 is 46.8 Å². The highest BCUT2D eigenvalue weighted by molar-refractivity contribution is 6.01. The highest BCUT2D eigenvalue weighted by Crippen LogP contribution is 2.43. The van der Waals surface area contributed by atoms with Crippen molar-refractivity contribution < 1.29 is 33.9 Å². The minimum atomic E-state index is -0.911. The van der Waals surface area contributed by atoms with Crippen LogP contribution in [0, 0.1) is 0 Å². The van der Waals surface area contributed by atoms with Gasteiger partial charge in [0.2, 0.25) is 35.4 Å². The van der Waals surface area contributed by atoms with Crippen molar-refractivity contribution in [1.82, 2.24) is 36.3 Å². The molecule has 0 bridgehead atoms. The maximum absolute atomic E-state index is 13.9. The second kappa shape index (κ2) is 18.9. The third-order valence-electron chi connectivity index (χ3n) is 10.1. The van der Waals surface area contributed by atoms with E-state index in [1.54, 1.807) is 29.2 Å². The summed E-state index contributed by atoms with van der Waals surface area (Å²) in [5.41, 5.74) is 5.65. The smallest absolute Gasteiger partial charge is 0.246 e. The summed E-state index contributed by atoms with van der Waals surface area (Å²) in [6.45, 7) is 6.65. The Morgan fingerprint density at radius 3 is 2.02 bits per heavy atom. The minimum Gasteiger partial charge on any atom is -0.392 e. The Morgan fingerprint density at radius 2 is 1.37 bits per heavy atom. The highest BCUT2D eigenvalue weighted by Gasteiger charge is 2.34. The summed E-state index contributed by atoms with van der Waals surface area (Å²) in [6.07, 6.45) is 1.33. The van der Waals surface area contributed by atoms with Gasteiger partial charge in [-0.15, -0.1) is 5.10 Å². The number of fused-ring (bicyclic) bond motifs is 5. The van der Waals surface area contributed by atoms with Gasteiger partial charge in [0.1, 0.15) is 11.7 Å². The first-order chi connectivity index (χ1) is 27.4. The molecule has 3 aromatic carbocycles. The summed E-state index contributed by atoms with van der Waals surface area (Å²) in [5, 5.41) is 30.8. The molecule has 6 N–H and O–H groups in total. The molecule has 300 valence electrons. The topological polar surface area (TPSA) is 217 Å². The molecule has 0 spiro atoms. The zero-order chi connectivity index (χ0) is 41.1. The lowest BCUT2D eigenvalue weighted by Gasteiger charge is -2.32. The van der Waals surface area contributed by atoms with E-state index in [-0.39, 0.29) is 37.4 Å². The van der Waals surface area contributed by atoms with Crippen LogP contribution in [0.3, 0.4) is 0 Å². The molecule has 1 aliphatic heterocycles. The van der Waals surface area contributed by atoms with E-state index in [1.165, 1.54) is 6.92 Å². The zero-order valence-electron chi connectivity index (χ0n) is 32.6. The fourth-order valence-electron chi connectivity index (χ4n) is 6.32. The predicted octanol–water partition coefficient (Wildman–Crippen LogP) is 2.76. The number of carbonyl (C=O) groups is 6. The molecule has 5 rings (SSSR count). The largest absolute Gasteiger partial charge is 0.392 e. The molecule has 0 radical (unpaired) electrons. The number of anilines is 2. The van der Waals surface area contributed by atoms with E-state index in [9.17, 15) is 28.8 Å². The van der Waals surface area contributed by atoms with E-state index in [0.29, 0.717) is 16.9 Å². The summed E-state index contributed by atoms with van der Waals surface area (Å²) in [6, 6.07) is 21.0. The number of nitrogens with zero attached hydrogens (tertiary/aromatic N) is 4. The third kappa shape index (κ3) is 10.3. The lowest BCUT2D eigenvalue weighted by Crippen LogP contribution is -2.47. The molecular formula is C41H49N9O7. The molecule has 0 aliphatic carbocycles. The van der Waals surface area contributed by atoms with Crippen molar-refractivity contribution in [1.29, 1.82) is 0 Å². The van der Waals surface area contributed by atoms with E-state index in [1.807, 2.05) is 53.2 Å².